The predicted octanol–water partition coefficient (Wildman–Crippen LogP) is 21.6. The summed E-state index contributed by atoms with van der Waals surface area (Å²) in [6, 6.07) is 0. The van der Waals surface area contributed by atoms with Crippen molar-refractivity contribution in [1.29, 1.82) is 0 Å². The molecule has 0 aliphatic heterocycles. The monoisotopic (exact) mass is 995 g/mol. The van der Waals surface area contributed by atoms with E-state index in [0.717, 1.165) is 51.4 Å². The zero-order chi connectivity index (χ0) is 51.3. The van der Waals surface area contributed by atoms with Gasteiger partial charge in [0.25, 0.3) is 0 Å². The molecule has 0 heterocycles. The molecule has 0 radical (unpaired) electrons. The highest BCUT2D eigenvalue weighted by atomic mass is 16.6. The van der Waals surface area contributed by atoms with E-state index in [4.69, 9.17) is 9.47 Å². The zero-order valence-corrected chi connectivity index (χ0v) is 47.8. The first-order chi connectivity index (χ1) is 35.1. The lowest BCUT2D eigenvalue weighted by Crippen LogP contribution is -2.28. The number of unbranched alkanes of at least 4 members (excludes halogenated alkanes) is 43. The molecule has 0 rings (SSSR count). The van der Waals surface area contributed by atoms with Gasteiger partial charge in [0.2, 0.25) is 0 Å². The third-order valence-electron chi connectivity index (χ3n) is 14.3. The van der Waals surface area contributed by atoms with E-state index in [-0.39, 0.29) is 25.2 Å². The number of allylic oxidation sites excluding steroid dienone is 8. The second kappa shape index (κ2) is 62.2. The molecular weight excluding hydrogens is 873 g/mol. The van der Waals surface area contributed by atoms with Gasteiger partial charge in [0.05, 0.1) is 6.61 Å². The average molecular weight is 996 g/mol. The molecule has 0 aliphatic rings. The van der Waals surface area contributed by atoms with Crippen LogP contribution in [-0.4, -0.2) is 36.4 Å². The normalized spacial score (nSPS) is 12.4. The first-order valence-corrected chi connectivity index (χ1v) is 31.7. The van der Waals surface area contributed by atoms with Gasteiger partial charge in [-0.2, -0.15) is 0 Å². The first kappa shape index (κ1) is 68.9. The van der Waals surface area contributed by atoms with Crippen molar-refractivity contribution in [2.24, 2.45) is 0 Å². The molecule has 71 heavy (non-hydrogen) atoms. The standard InChI is InChI=1S/C66H122O5/c1-3-5-7-9-11-13-15-17-19-21-23-24-25-26-27-28-29-30-31-32-33-34-35-36-37-38-39-40-41-42-43-45-47-49-51-53-55-57-59-61-66(69)71-64(62-67)63-70-65(68)60-58-56-54-52-50-48-46-44-22-20-18-16-14-12-10-8-6-4-2/h14-17,20-23,64,67H,3-13,18-19,24-63H2,1-2H3/b16-14-,17-15-,22-20-,23-21-. The number of hydrogen-bond donors (Lipinski definition) is 1. The number of carbonyl (C=O) groups is 2. The fraction of sp³-hybridized carbons (Fsp3) is 0.848. The van der Waals surface area contributed by atoms with E-state index < -0.39 is 6.10 Å². The SMILES string of the molecule is CCCCCC/C=C\C/C=C\CCCCCCCCCC(=O)OCC(CO)OC(=O)CCCCCCCCCCCCCCCCCCCCCCCCCCCCC/C=C\C/C=C\CCCCCCC. The summed E-state index contributed by atoms with van der Waals surface area (Å²) in [4.78, 5) is 24.5. The van der Waals surface area contributed by atoms with Crippen molar-refractivity contribution in [3.8, 4) is 0 Å². The van der Waals surface area contributed by atoms with Gasteiger partial charge in [0, 0.05) is 12.8 Å². The molecular formula is C66H122O5. The van der Waals surface area contributed by atoms with Gasteiger partial charge >= 0.3 is 11.9 Å². The van der Waals surface area contributed by atoms with E-state index in [2.05, 4.69) is 62.5 Å². The topological polar surface area (TPSA) is 72.8 Å². The van der Waals surface area contributed by atoms with Gasteiger partial charge < -0.3 is 14.6 Å². The van der Waals surface area contributed by atoms with Crippen LogP contribution in [0.5, 0.6) is 0 Å². The number of ether oxygens (including phenoxy) is 2. The van der Waals surface area contributed by atoms with E-state index in [0.29, 0.717) is 12.8 Å². The number of esters is 2. The molecule has 0 fully saturated rings. The highest BCUT2D eigenvalue weighted by Crippen LogP contribution is 2.18. The molecule has 0 aromatic carbocycles. The molecule has 1 N–H and O–H groups in total. The van der Waals surface area contributed by atoms with Gasteiger partial charge in [-0.05, 0) is 77.0 Å². The Morgan fingerprint density at radius 3 is 0.845 bits per heavy atom. The molecule has 416 valence electrons. The van der Waals surface area contributed by atoms with Gasteiger partial charge in [-0.25, -0.2) is 0 Å². The summed E-state index contributed by atoms with van der Waals surface area (Å²) in [5, 5.41) is 9.66. The lowest BCUT2D eigenvalue weighted by atomic mass is 10.0. The van der Waals surface area contributed by atoms with Gasteiger partial charge in [0.1, 0.15) is 6.61 Å². The number of aliphatic hydroxyl groups excluding tert-OH is 1. The fourth-order valence-corrected chi connectivity index (χ4v) is 9.56. The van der Waals surface area contributed by atoms with Crippen molar-refractivity contribution in [2.45, 2.75) is 347 Å². The lowest BCUT2D eigenvalue weighted by molar-refractivity contribution is -0.161. The van der Waals surface area contributed by atoms with Crippen molar-refractivity contribution in [3.63, 3.8) is 0 Å². The van der Waals surface area contributed by atoms with Crippen molar-refractivity contribution in [2.75, 3.05) is 13.2 Å². The highest BCUT2D eigenvalue weighted by Gasteiger charge is 2.16. The average Bonchev–Trinajstić information content (AvgIpc) is 3.37. The Hall–Kier alpha value is -2.14. The minimum atomic E-state index is -0.774. The number of hydrogen-bond acceptors (Lipinski definition) is 5. The fourth-order valence-electron chi connectivity index (χ4n) is 9.56. The maximum absolute atomic E-state index is 12.3. The van der Waals surface area contributed by atoms with Crippen LogP contribution in [0, 0.1) is 0 Å². The smallest absolute Gasteiger partial charge is 0.306 e. The molecule has 0 saturated carbocycles. The van der Waals surface area contributed by atoms with Crippen LogP contribution in [0.15, 0.2) is 48.6 Å². The highest BCUT2D eigenvalue weighted by molar-refractivity contribution is 5.70. The van der Waals surface area contributed by atoms with Crippen molar-refractivity contribution in [1.82, 2.24) is 0 Å². The molecule has 1 atom stereocenters. The summed E-state index contributed by atoms with van der Waals surface area (Å²) in [6.45, 7) is 4.14. The summed E-state index contributed by atoms with van der Waals surface area (Å²) in [5.74, 6) is -0.584. The molecule has 5 heteroatoms. The van der Waals surface area contributed by atoms with E-state index in [9.17, 15) is 14.7 Å². The Balaban J connectivity index is 3.38. The summed E-state index contributed by atoms with van der Waals surface area (Å²) in [6.07, 6.45) is 82.7. The number of aliphatic hydroxyl groups is 1. The Morgan fingerprint density at radius 2 is 0.563 bits per heavy atom. The second-order valence-electron chi connectivity index (χ2n) is 21.5. The van der Waals surface area contributed by atoms with Crippen LogP contribution in [0.2, 0.25) is 0 Å². The number of rotatable bonds is 59. The van der Waals surface area contributed by atoms with Crippen LogP contribution in [-0.2, 0) is 19.1 Å². The van der Waals surface area contributed by atoms with E-state index >= 15 is 0 Å². The molecule has 0 aromatic heterocycles. The van der Waals surface area contributed by atoms with Crippen molar-refractivity contribution in [3.05, 3.63) is 48.6 Å². The summed E-state index contributed by atoms with van der Waals surface area (Å²) >= 11 is 0. The number of carbonyl (C=O) groups excluding carboxylic acids is 2. The molecule has 1 unspecified atom stereocenters. The van der Waals surface area contributed by atoms with Crippen LogP contribution >= 0.6 is 0 Å². The molecule has 0 spiro atoms. The lowest BCUT2D eigenvalue weighted by Gasteiger charge is -2.15. The van der Waals surface area contributed by atoms with Crippen LogP contribution < -0.4 is 0 Å². The molecule has 0 aliphatic carbocycles. The molecule has 5 nitrogen and oxygen atoms in total. The van der Waals surface area contributed by atoms with Gasteiger partial charge in [-0.15, -0.1) is 0 Å². The van der Waals surface area contributed by atoms with Crippen LogP contribution in [0.1, 0.15) is 341 Å². The maximum Gasteiger partial charge on any atom is 0.306 e. The first-order valence-electron chi connectivity index (χ1n) is 31.7. The van der Waals surface area contributed by atoms with Crippen LogP contribution in [0.4, 0.5) is 0 Å². The summed E-state index contributed by atoms with van der Waals surface area (Å²) in [5.41, 5.74) is 0. The Bertz CT molecular complexity index is 1170. The Morgan fingerprint density at radius 1 is 0.324 bits per heavy atom. The maximum atomic E-state index is 12.3. The third-order valence-corrected chi connectivity index (χ3v) is 14.3. The largest absolute Gasteiger partial charge is 0.462 e. The van der Waals surface area contributed by atoms with E-state index in [1.165, 1.54) is 263 Å². The molecule has 0 bridgehead atoms. The van der Waals surface area contributed by atoms with Gasteiger partial charge in [-0.1, -0.05) is 300 Å². The van der Waals surface area contributed by atoms with Crippen LogP contribution in [0.3, 0.4) is 0 Å². The third kappa shape index (κ3) is 60.3. The molecule has 0 amide bonds. The van der Waals surface area contributed by atoms with Crippen molar-refractivity contribution >= 4 is 11.9 Å². The summed E-state index contributed by atoms with van der Waals surface area (Å²) < 4.78 is 10.7. The zero-order valence-electron chi connectivity index (χ0n) is 47.8. The Labute approximate surface area is 443 Å². The summed E-state index contributed by atoms with van der Waals surface area (Å²) in [7, 11) is 0. The minimum absolute atomic E-state index is 0.0664. The molecule has 0 aromatic rings. The second-order valence-corrected chi connectivity index (χ2v) is 21.5. The molecule has 0 saturated heterocycles. The van der Waals surface area contributed by atoms with Gasteiger partial charge in [0.15, 0.2) is 6.10 Å². The van der Waals surface area contributed by atoms with Crippen molar-refractivity contribution < 1.29 is 24.2 Å². The van der Waals surface area contributed by atoms with Gasteiger partial charge in [-0.3, -0.25) is 9.59 Å². The van der Waals surface area contributed by atoms with E-state index in [1.807, 2.05) is 0 Å². The Kier molecular flexibility index (Phi) is 60.3. The predicted molar refractivity (Wildman–Crippen MR) is 311 cm³/mol. The van der Waals surface area contributed by atoms with Crippen LogP contribution in [0.25, 0.3) is 0 Å². The van der Waals surface area contributed by atoms with E-state index in [1.54, 1.807) is 0 Å². The quantitative estimate of drug-likeness (QED) is 0.0373. The minimum Gasteiger partial charge on any atom is -0.462 e.